The SMILES string of the molecule is O=C(CSc1ccccc1C(=O)Nc1ccc(Cl)cc1Cl)NC12CC3CC(CC(C3)C1)C2. The van der Waals surface area contributed by atoms with Crippen molar-refractivity contribution in [1.82, 2.24) is 5.32 Å². The highest BCUT2D eigenvalue weighted by atomic mass is 35.5. The maximum absolute atomic E-state index is 12.9. The molecule has 2 N–H and O–H groups in total. The summed E-state index contributed by atoms with van der Waals surface area (Å²) in [7, 11) is 0. The van der Waals surface area contributed by atoms with Crippen molar-refractivity contribution in [2.24, 2.45) is 17.8 Å². The van der Waals surface area contributed by atoms with E-state index in [0.29, 0.717) is 27.0 Å². The van der Waals surface area contributed by atoms with Crippen LogP contribution in [0.3, 0.4) is 0 Å². The molecule has 0 unspecified atom stereocenters. The van der Waals surface area contributed by atoms with Crippen LogP contribution in [0.2, 0.25) is 10.0 Å². The van der Waals surface area contributed by atoms with Gasteiger partial charge in [-0.1, -0.05) is 35.3 Å². The molecule has 32 heavy (non-hydrogen) atoms. The second kappa shape index (κ2) is 8.92. The number of benzene rings is 2. The highest BCUT2D eigenvalue weighted by Crippen LogP contribution is 2.55. The first-order chi connectivity index (χ1) is 15.4. The van der Waals surface area contributed by atoms with E-state index >= 15 is 0 Å². The van der Waals surface area contributed by atoms with Crippen molar-refractivity contribution in [3.8, 4) is 0 Å². The van der Waals surface area contributed by atoms with Gasteiger partial charge >= 0.3 is 0 Å². The maximum atomic E-state index is 12.9. The number of anilines is 1. The number of rotatable bonds is 6. The minimum absolute atomic E-state index is 0.00855. The Morgan fingerprint density at radius 3 is 2.28 bits per heavy atom. The van der Waals surface area contributed by atoms with Gasteiger partial charge in [-0.15, -0.1) is 11.8 Å². The summed E-state index contributed by atoms with van der Waals surface area (Å²) in [6, 6.07) is 12.3. The van der Waals surface area contributed by atoms with Gasteiger partial charge in [0.25, 0.3) is 5.91 Å². The molecule has 0 heterocycles. The van der Waals surface area contributed by atoms with Crippen molar-refractivity contribution >= 4 is 52.5 Å². The lowest BCUT2D eigenvalue weighted by molar-refractivity contribution is -0.124. The molecule has 4 bridgehead atoms. The average Bonchev–Trinajstić information content (AvgIpc) is 2.73. The summed E-state index contributed by atoms with van der Waals surface area (Å²) in [6.45, 7) is 0. The Morgan fingerprint density at radius 2 is 1.62 bits per heavy atom. The molecule has 0 radical (unpaired) electrons. The van der Waals surface area contributed by atoms with Crippen LogP contribution in [0.4, 0.5) is 5.69 Å². The van der Waals surface area contributed by atoms with Crippen molar-refractivity contribution in [3.63, 3.8) is 0 Å². The van der Waals surface area contributed by atoms with Crippen LogP contribution < -0.4 is 10.6 Å². The second-order valence-electron chi connectivity index (χ2n) is 9.61. The van der Waals surface area contributed by atoms with E-state index in [1.165, 1.54) is 31.0 Å². The average molecular weight is 489 g/mol. The molecule has 0 spiro atoms. The van der Waals surface area contributed by atoms with E-state index in [9.17, 15) is 9.59 Å². The summed E-state index contributed by atoms with van der Waals surface area (Å²) in [5.41, 5.74) is 1.03. The number of halogens is 2. The summed E-state index contributed by atoms with van der Waals surface area (Å²) in [6.07, 6.45) is 7.46. The molecule has 4 fully saturated rings. The molecule has 0 aromatic heterocycles. The molecule has 168 valence electrons. The van der Waals surface area contributed by atoms with Crippen molar-refractivity contribution in [2.75, 3.05) is 11.1 Å². The van der Waals surface area contributed by atoms with E-state index in [1.54, 1.807) is 24.3 Å². The monoisotopic (exact) mass is 488 g/mol. The fourth-order valence-electron chi connectivity index (χ4n) is 6.30. The molecular weight excluding hydrogens is 463 g/mol. The molecule has 2 aromatic rings. The molecule has 2 aromatic carbocycles. The molecule has 0 aliphatic heterocycles. The quantitative estimate of drug-likeness (QED) is 0.460. The fourth-order valence-corrected chi connectivity index (χ4v) is 7.61. The minimum atomic E-state index is -0.265. The largest absolute Gasteiger partial charge is 0.350 e. The first-order valence-corrected chi connectivity index (χ1v) is 12.9. The zero-order valence-electron chi connectivity index (χ0n) is 17.7. The first-order valence-electron chi connectivity index (χ1n) is 11.2. The summed E-state index contributed by atoms with van der Waals surface area (Å²) in [5.74, 6) is 2.47. The van der Waals surface area contributed by atoms with Crippen LogP contribution >= 0.6 is 35.0 Å². The molecule has 0 saturated heterocycles. The van der Waals surface area contributed by atoms with Gasteiger partial charge in [0, 0.05) is 15.5 Å². The standard InChI is InChI=1S/C25H26Cl2N2O2S/c26-18-5-6-21(20(27)10-18)28-24(31)19-3-1-2-4-22(19)32-14-23(30)29-25-11-15-7-16(12-25)9-17(8-15)13-25/h1-6,10,15-17H,7-9,11-14H2,(H,28,31)(H,29,30). The van der Waals surface area contributed by atoms with Gasteiger partial charge in [0.2, 0.25) is 5.91 Å². The van der Waals surface area contributed by atoms with Crippen molar-refractivity contribution in [2.45, 2.75) is 49.0 Å². The summed E-state index contributed by atoms with van der Waals surface area (Å²) in [4.78, 5) is 26.6. The van der Waals surface area contributed by atoms with Crippen LogP contribution in [-0.2, 0) is 4.79 Å². The van der Waals surface area contributed by atoms with Crippen molar-refractivity contribution in [1.29, 1.82) is 0 Å². The Kier molecular flexibility index (Phi) is 6.17. The maximum Gasteiger partial charge on any atom is 0.256 e. The Bertz CT molecular complexity index is 1020. The van der Waals surface area contributed by atoms with Crippen LogP contribution in [-0.4, -0.2) is 23.1 Å². The first kappa shape index (κ1) is 22.1. The molecule has 4 saturated carbocycles. The van der Waals surface area contributed by atoms with Gasteiger partial charge in [-0.3, -0.25) is 9.59 Å². The van der Waals surface area contributed by atoms with Crippen LogP contribution in [0, 0.1) is 17.8 Å². The lowest BCUT2D eigenvalue weighted by Gasteiger charge is -2.56. The molecule has 0 atom stereocenters. The van der Waals surface area contributed by atoms with Gasteiger partial charge in [-0.25, -0.2) is 0 Å². The third-order valence-electron chi connectivity index (χ3n) is 7.11. The normalized spacial score (nSPS) is 27.9. The van der Waals surface area contributed by atoms with Crippen LogP contribution in [0.1, 0.15) is 48.9 Å². The van der Waals surface area contributed by atoms with Crippen molar-refractivity contribution in [3.05, 3.63) is 58.1 Å². The molecular formula is C25H26Cl2N2O2S. The number of hydrogen-bond donors (Lipinski definition) is 2. The second-order valence-corrected chi connectivity index (χ2v) is 11.5. The molecule has 4 aliphatic carbocycles. The number of carbonyl (C=O) groups is 2. The van der Waals surface area contributed by atoms with Crippen molar-refractivity contribution < 1.29 is 9.59 Å². The zero-order chi connectivity index (χ0) is 22.3. The van der Waals surface area contributed by atoms with Gasteiger partial charge < -0.3 is 10.6 Å². The van der Waals surface area contributed by atoms with Gasteiger partial charge in [0.15, 0.2) is 0 Å². The smallest absolute Gasteiger partial charge is 0.256 e. The number of nitrogens with one attached hydrogen (secondary N) is 2. The van der Waals surface area contributed by atoms with Crippen LogP contribution in [0.15, 0.2) is 47.4 Å². The highest BCUT2D eigenvalue weighted by Gasteiger charge is 2.51. The van der Waals surface area contributed by atoms with Crippen LogP contribution in [0.5, 0.6) is 0 Å². The molecule has 4 aliphatic rings. The van der Waals surface area contributed by atoms with Gasteiger partial charge in [0.05, 0.1) is 22.0 Å². The third kappa shape index (κ3) is 4.66. The Morgan fingerprint density at radius 1 is 0.969 bits per heavy atom. The molecule has 4 nitrogen and oxygen atoms in total. The number of amides is 2. The lowest BCUT2D eigenvalue weighted by atomic mass is 9.53. The Hall–Kier alpha value is -1.69. The third-order valence-corrected chi connectivity index (χ3v) is 8.73. The van der Waals surface area contributed by atoms with Gasteiger partial charge in [0.1, 0.15) is 0 Å². The van der Waals surface area contributed by atoms with Gasteiger partial charge in [-0.2, -0.15) is 0 Å². The topological polar surface area (TPSA) is 58.2 Å². The Balaban J connectivity index is 1.23. The number of thioether (sulfide) groups is 1. The van der Waals surface area contributed by atoms with E-state index in [1.807, 2.05) is 18.2 Å². The molecule has 6 rings (SSSR count). The minimum Gasteiger partial charge on any atom is -0.350 e. The molecule has 7 heteroatoms. The van der Waals surface area contributed by atoms with E-state index in [2.05, 4.69) is 10.6 Å². The highest BCUT2D eigenvalue weighted by molar-refractivity contribution is 8.00. The summed E-state index contributed by atoms with van der Waals surface area (Å²) >= 11 is 13.5. The van der Waals surface area contributed by atoms with Crippen LogP contribution in [0.25, 0.3) is 0 Å². The molecule has 2 amide bonds. The summed E-state index contributed by atoms with van der Waals surface area (Å²) in [5, 5.41) is 7.14. The van der Waals surface area contributed by atoms with E-state index < -0.39 is 0 Å². The number of hydrogen-bond acceptors (Lipinski definition) is 3. The zero-order valence-corrected chi connectivity index (χ0v) is 20.0. The predicted molar refractivity (Wildman–Crippen MR) is 131 cm³/mol. The summed E-state index contributed by atoms with van der Waals surface area (Å²) < 4.78 is 0. The van der Waals surface area contributed by atoms with E-state index in [-0.39, 0.29) is 17.4 Å². The Labute approximate surface area is 202 Å². The van der Waals surface area contributed by atoms with Gasteiger partial charge in [-0.05, 0) is 86.6 Å². The predicted octanol–water partition coefficient (Wildman–Crippen LogP) is 6.42. The lowest BCUT2D eigenvalue weighted by Crippen LogP contribution is -2.60. The fraction of sp³-hybridized carbons (Fsp3) is 0.440. The van der Waals surface area contributed by atoms with E-state index in [4.69, 9.17) is 23.2 Å². The number of carbonyl (C=O) groups excluding carboxylic acids is 2. The van der Waals surface area contributed by atoms with E-state index in [0.717, 1.165) is 41.9 Å².